The Morgan fingerprint density at radius 3 is 2.78 bits per heavy atom. The van der Waals surface area contributed by atoms with Crippen molar-refractivity contribution in [2.24, 2.45) is 5.92 Å². The minimum atomic E-state index is 0. The first kappa shape index (κ1) is 18.6. The fourth-order valence-electron chi connectivity index (χ4n) is 3.47. The van der Waals surface area contributed by atoms with Crippen LogP contribution >= 0.6 is 24.2 Å². The number of nitrogens with zero attached hydrogens (tertiary/aromatic N) is 1. The number of carbonyl (C=O) groups is 1. The first-order valence-electron chi connectivity index (χ1n) is 8.48. The number of nitrogens with one attached hydrogen (secondary N) is 1. The highest BCUT2D eigenvalue weighted by atomic mass is 35.5. The fraction of sp³-hybridized carbons (Fsp3) is 0.611. The number of carbonyl (C=O) groups excluding carboxylic acids is 1. The number of aryl methyl sites for hydroxylation is 1. The molecule has 1 fully saturated rings. The number of thioether (sulfide) groups is 1. The molecular formula is C18H27ClN2OS. The van der Waals surface area contributed by atoms with E-state index in [2.05, 4.69) is 41.4 Å². The SMILES string of the molecule is CCNCC1CCN(C(=O)C2SCCc3ccccc32)CC1.Cl. The molecule has 128 valence electrons. The van der Waals surface area contributed by atoms with Crippen molar-refractivity contribution in [1.82, 2.24) is 10.2 Å². The van der Waals surface area contributed by atoms with Crippen LogP contribution in [0.4, 0.5) is 0 Å². The van der Waals surface area contributed by atoms with Crippen LogP contribution in [0, 0.1) is 5.92 Å². The molecule has 2 aliphatic rings. The van der Waals surface area contributed by atoms with Gasteiger partial charge in [0.2, 0.25) is 5.91 Å². The van der Waals surface area contributed by atoms with Crippen molar-refractivity contribution in [2.45, 2.75) is 31.4 Å². The van der Waals surface area contributed by atoms with Gasteiger partial charge in [-0.1, -0.05) is 31.2 Å². The van der Waals surface area contributed by atoms with Crippen molar-refractivity contribution in [2.75, 3.05) is 31.9 Å². The van der Waals surface area contributed by atoms with Gasteiger partial charge in [0.15, 0.2) is 0 Å². The second-order valence-electron chi connectivity index (χ2n) is 6.28. The van der Waals surface area contributed by atoms with Crippen LogP contribution in [-0.4, -0.2) is 42.7 Å². The zero-order valence-electron chi connectivity index (χ0n) is 13.8. The van der Waals surface area contributed by atoms with E-state index in [1.807, 2.05) is 11.8 Å². The average molecular weight is 355 g/mol. The molecule has 0 aliphatic carbocycles. The van der Waals surface area contributed by atoms with Gasteiger partial charge in [-0.25, -0.2) is 0 Å². The molecule has 1 atom stereocenters. The molecule has 0 bridgehead atoms. The van der Waals surface area contributed by atoms with Crippen molar-refractivity contribution >= 4 is 30.1 Å². The van der Waals surface area contributed by atoms with Crippen LogP contribution in [0.5, 0.6) is 0 Å². The summed E-state index contributed by atoms with van der Waals surface area (Å²) in [7, 11) is 0. The number of likely N-dealkylation sites (tertiary alicyclic amines) is 1. The second-order valence-corrected chi connectivity index (χ2v) is 7.49. The van der Waals surface area contributed by atoms with E-state index in [1.54, 1.807) is 0 Å². The third-order valence-electron chi connectivity index (χ3n) is 4.83. The summed E-state index contributed by atoms with van der Waals surface area (Å²) in [5.74, 6) is 2.12. The van der Waals surface area contributed by atoms with Gasteiger partial charge in [0.25, 0.3) is 0 Å². The highest BCUT2D eigenvalue weighted by Gasteiger charge is 2.32. The van der Waals surface area contributed by atoms with Crippen molar-refractivity contribution in [3.05, 3.63) is 35.4 Å². The maximum Gasteiger partial charge on any atom is 0.240 e. The normalized spacial score (nSPS) is 21.4. The molecule has 1 amide bonds. The Balaban J connectivity index is 0.00000192. The number of halogens is 1. The zero-order valence-corrected chi connectivity index (χ0v) is 15.4. The molecule has 5 heteroatoms. The van der Waals surface area contributed by atoms with E-state index < -0.39 is 0 Å². The van der Waals surface area contributed by atoms with Gasteiger partial charge in [-0.05, 0) is 55.1 Å². The Hall–Kier alpha value is -0.710. The molecule has 1 unspecified atom stereocenters. The first-order valence-corrected chi connectivity index (χ1v) is 9.53. The fourth-order valence-corrected chi connectivity index (χ4v) is 4.74. The largest absolute Gasteiger partial charge is 0.341 e. The van der Waals surface area contributed by atoms with Crippen LogP contribution in [0.2, 0.25) is 0 Å². The minimum absolute atomic E-state index is 0. The van der Waals surface area contributed by atoms with Crippen LogP contribution in [0.3, 0.4) is 0 Å². The van der Waals surface area contributed by atoms with E-state index in [0.717, 1.165) is 57.1 Å². The van der Waals surface area contributed by atoms with Crippen LogP contribution in [0.1, 0.15) is 36.1 Å². The molecule has 23 heavy (non-hydrogen) atoms. The summed E-state index contributed by atoms with van der Waals surface area (Å²) in [5, 5.41) is 3.45. The lowest BCUT2D eigenvalue weighted by molar-refractivity contribution is -0.132. The maximum absolute atomic E-state index is 12.9. The molecule has 2 aliphatic heterocycles. The molecule has 0 spiro atoms. The molecule has 2 heterocycles. The Morgan fingerprint density at radius 2 is 2.04 bits per heavy atom. The Kier molecular flexibility index (Phi) is 7.25. The van der Waals surface area contributed by atoms with E-state index in [-0.39, 0.29) is 17.7 Å². The summed E-state index contributed by atoms with van der Waals surface area (Å²) in [6.07, 6.45) is 3.37. The van der Waals surface area contributed by atoms with E-state index >= 15 is 0 Å². The minimum Gasteiger partial charge on any atom is -0.341 e. The number of rotatable bonds is 4. The summed E-state index contributed by atoms with van der Waals surface area (Å²) < 4.78 is 0. The molecule has 1 aromatic rings. The summed E-state index contributed by atoms with van der Waals surface area (Å²) in [6, 6.07) is 8.47. The lowest BCUT2D eigenvalue weighted by Gasteiger charge is -2.35. The number of amides is 1. The van der Waals surface area contributed by atoms with E-state index in [1.165, 1.54) is 11.1 Å². The summed E-state index contributed by atoms with van der Waals surface area (Å²) in [5.41, 5.74) is 2.61. The lowest BCUT2D eigenvalue weighted by atomic mass is 9.95. The Labute approximate surface area is 150 Å². The number of hydrogen-bond acceptors (Lipinski definition) is 3. The smallest absolute Gasteiger partial charge is 0.240 e. The van der Waals surface area contributed by atoms with Crippen LogP contribution in [0.15, 0.2) is 24.3 Å². The molecule has 0 radical (unpaired) electrons. The number of fused-ring (bicyclic) bond motifs is 1. The predicted octanol–water partition coefficient (Wildman–Crippen LogP) is 3.29. The third kappa shape index (κ3) is 4.43. The lowest BCUT2D eigenvalue weighted by Crippen LogP contribution is -2.42. The number of hydrogen-bond donors (Lipinski definition) is 1. The van der Waals surface area contributed by atoms with E-state index in [0.29, 0.717) is 5.91 Å². The standard InChI is InChI=1S/C18H26N2OS.ClH/c1-2-19-13-14-7-10-20(11-8-14)18(21)17-16-6-4-3-5-15(16)9-12-22-17;/h3-6,14,17,19H,2,7-13H2,1H3;1H. The highest BCUT2D eigenvalue weighted by Crippen LogP contribution is 2.38. The molecule has 1 saturated heterocycles. The van der Waals surface area contributed by atoms with Gasteiger partial charge in [0.05, 0.1) is 0 Å². The highest BCUT2D eigenvalue weighted by molar-refractivity contribution is 8.00. The van der Waals surface area contributed by atoms with Gasteiger partial charge in [-0.3, -0.25) is 4.79 Å². The van der Waals surface area contributed by atoms with E-state index in [4.69, 9.17) is 0 Å². The van der Waals surface area contributed by atoms with Gasteiger partial charge in [-0.2, -0.15) is 0 Å². The molecule has 1 N–H and O–H groups in total. The van der Waals surface area contributed by atoms with Gasteiger partial charge in [0.1, 0.15) is 5.25 Å². The van der Waals surface area contributed by atoms with Gasteiger partial charge in [0, 0.05) is 13.1 Å². The molecule has 1 aromatic carbocycles. The monoisotopic (exact) mass is 354 g/mol. The van der Waals surface area contributed by atoms with Gasteiger partial charge < -0.3 is 10.2 Å². The Morgan fingerprint density at radius 1 is 1.30 bits per heavy atom. The topological polar surface area (TPSA) is 32.3 Å². The number of benzene rings is 1. The Bertz CT molecular complexity index is 517. The van der Waals surface area contributed by atoms with Crippen LogP contribution < -0.4 is 5.32 Å². The zero-order chi connectivity index (χ0) is 15.4. The van der Waals surface area contributed by atoms with Crippen molar-refractivity contribution in [3.8, 4) is 0 Å². The predicted molar refractivity (Wildman–Crippen MR) is 100 cm³/mol. The number of piperidine rings is 1. The molecule has 3 rings (SSSR count). The van der Waals surface area contributed by atoms with Gasteiger partial charge >= 0.3 is 0 Å². The van der Waals surface area contributed by atoms with Crippen molar-refractivity contribution in [3.63, 3.8) is 0 Å². The first-order chi connectivity index (χ1) is 10.8. The molecule has 0 saturated carbocycles. The van der Waals surface area contributed by atoms with E-state index in [9.17, 15) is 4.79 Å². The molecular weight excluding hydrogens is 328 g/mol. The molecule has 3 nitrogen and oxygen atoms in total. The summed E-state index contributed by atoms with van der Waals surface area (Å²) in [6.45, 7) is 6.13. The third-order valence-corrected chi connectivity index (χ3v) is 6.06. The van der Waals surface area contributed by atoms with Crippen molar-refractivity contribution in [1.29, 1.82) is 0 Å². The van der Waals surface area contributed by atoms with Crippen molar-refractivity contribution < 1.29 is 4.79 Å². The van der Waals surface area contributed by atoms with Crippen LogP contribution in [-0.2, 0) is 11.2 Å². The van der Waals surface area contributed by atoms with Gasteiger partial charge in [-0.15, -0.1) is 24.2 Å². The molecule has 0 aromatic heterocycles. The quantitative estimate of drug-likeness (QED) is 0.900. The maximum atomic E-state index is 12.9. The second kappa shape index (κ2) is 8.95. The van der Waals surface area contributed by atoms with Crippen LogP contribution in [0.25, 0.3) is 0 Å². The summed E-state index contributed by atoms with van der Waals surface area (Å²) in [4.78, 5) is 15.0. The average Bonchev–Trinajstić information content (AvgIpc) is 2.59. The summed E-state index contributed by atoms with van der Waals surface area (Å²) >= 11 is 1.82.